The summed E-state index contributed by atoms with van der Waals surface area (Å²) in [5.41, 5.74) is 4.97. The maximum Gasteiger partial charge on any atom is 0.254 e. The molecule has 1 aromatic rings. The highest BCUT2D eigenvalue weighted by atomic mass is 19.2. The van der Waals surface area contributed by atoms with E-state index in [1.165, 1.54) is 4.90 Å². The van der Waals surface area contributed by atoms with Crippen LogP contribution in [0.4, 0.5) is 13.2 Å². The molecule has 0 spiro atoms. The Morgan fingerprint density at radius 2 is 1.90 bits per heavy atom. The SMILES string of the molecule is CCN(CCC(N)=NO)C(=O)c1cc(F)c(F)c(F)c1. The molecule has 8 heteroatoms. The van der Waals surface area contributed by atoms with Crippen molar-refractivity contribution >= 4 is 11.7 Å². The fraction of sp³-hybridized carbons (Fsp3) is 0.333. The van der Waals surface area contributed by atoms with E-state index >= 15 is 0 Å². The number of nitrogens with zero attached hydrogens (tertiary/aromatic N) is 2. The van der Waals surface area contributed by atoms with E-state index in [1.54, 1.807) is 6.92 Å². The predicted octanol–water partition coefficient (Wildman–Crippen LogP) is 1.70. The van der Waals surface area contributed by atoms with Gasteiger partial charge in [0.2, 0.25) is 0 Å². The topological polar surface area (TPSA) is 78.9 Å². The lowest BCUT2D eigenvalue weighted by Crippen LogP contribution is -2.34. The molecule has 20 heavy (non-hydrogen) atoms. The Hall–Kier alpha value is -2.25. The van der Waals surface area contributed by atoms with Crippen LogP contribution in [0, 0.1) is 17.5 Å². The van der Waals surface area contributed by atoms with Crippen molar-refractivity contribution in [3.8, 4) is 0 Å². The minimum Gasteiger partial charge on any atom is -0.409 e. The van der Waals surface area contributed by atoms with Crippen LogP contribution in [-0.4, -0.2) is 34.9 Å². The van der Waals surface area contributed by atoms with Crippen LogP contribution in [-0.2, 0) is 0 Å². The fourth-order valence-electron chi connectivity index (χ4n) is 1.56. The molecule has 0 heterocycles. The third kappa shape index (κ3) is 3.62. The molecule has 3 N–H and O–H groups in total. The lowest BCUT2D eigenvalue weighted by molar-refractivity contribution is 0.0767. The largest absolute Gasteiger partial charge is 0.409 e. The van der Waals surface area contributed by atoms with Gasteiger partial charge in [0.1, 0.15) is 5.84 Å². The highest BCUT2D eigenvalue weighted by molar-refractivity contribution is 5.94. The molecule has 0 fully saturated rings. The van der Waals surface area contributed by atoms with Gasteiger partial charge in [-0.25, -0.2) is 13.2 Å². The van der Waals surface area contributed by atoms with E-state index < -0.39 is 23.4 Å². The van der Waals surface area contributed by atoms with Gasteiger partial charge in [-0.3, -0.25) is 4.79 Å². The van der Waals surface area contributed by atoms with Crippen LogP contribution >= 0.6 is 0 Å². The first-order valence-corrected chi connectivity index (χ1v) is 5.80. The van der Waals surface area contributed by atoms with Crippen molar-refractivity contribution < 1.29 is 23.2 Å². The average molecular weight is 289 g/mol. The van der Waals surface area contributed by atoms with Gasteiger partial charge in [-0.15, -0.1) is 0 Å². The average Bonchev–Trinajstić information content (AvgIpc) is 2.44. The molecule has 1 amide bonds. The fourth-order valence-corrected chi connectivity index (χ4v) is 1.56. The van der Waals surface area contributed by atoms with Gasteiger partial charge >= 0.3 is 0 Å². The van der Waals surface area contributed by atoms with E-state index in [1.807, 2.05) is 0 Å². The smallest absolute Gasteiger partial charge is 0.254 e. The normalized spacial score (nSPS) is 11.5. The zero-order valence-electron chi connectivity index (χ0n) is 10.7. The van der Waals surface area contributed by atoms with E-state index in [0.29, 0.717) is 12.1 Å². The molecule has 0 aliphatic heterocycles. The van der Waals surface area contributed by atoms with Gasteiger partial charge < -0.3 is 15.8 Å². The highest BCUT2D eigenvalue weighted by Gasteiger charge is 2.19. The van der Waals surface area contributed by atoms with E-state index in [-0.39, 0.29) is 30.9 Å². The van der Waals surface area contributed by atoms with Crippen molar-refractivity contribution in [1.82, 2.24) is 4.90 Å². The first kappa shape index (κ1) is 15.8. The Balaban J connectivity index is 2.91. The summed E-state index contributed by atoms with van der Waals surface area (Å²) in [7, 11) is 0. The second-order valence-electron chi connectivity index (χ2n) is 3.98. The number of halogens is 3. The first-order valence-electron chi connectivity index (χ1n) is 5.80. The summed E-state index contributed by atoms with van der Waals surface area (Å²) in [6.07, 6.45) is 0.0994. The number of hydrogen-bond acceptors (Lipinski definition) is 3. The number of nitrogens with two attached hydrogens (primary N) is 1. The van der Waals surface area contributed by atoms with Crippen LogP contribution in [0.1, 0.15) is 23.7 Å². The molecule has 0 saturated heterocycles. The lowest BCUT2D eigenvalue weighted by atomic mass is 10.1. The third-order valence-electron chi connectivity index (χ3n) is 2.67. The summed E-state index contributed by atoms with van der Waals surface area (Å²) in [6.45, 7) is 2.00. The Morgan fingerprint density at radius 1 is 1.35 bits per heavy atom. The van der Waals surface area contributed by atoms with Crippen molar-refractivity contribution in [2.75, 3.05) is 13.1 Å². The number of benzene rings is 1. The number of amides is 1. The molecule has 0 aliphatic rings. The van der Waals surface area contributed by atoms with Crippen LogP contribution in [0.5, 0.6) is 0 Å². The van der Waals surface area contributed by atoms with Crippen molar-refractivity contribution in [2.45, 2.75) is 13.3 Å². The van der Waals surface area contributed by atoms with E-state index in [2.05, 4.69) is 5.16 Å². The molecule has 0 saturated carbocycles. The van der Waals surface area contributed by atoms with Crippen LogP contribution in [0.15, 0.2) is 17.3 Å². The number of amidine groups is 1. The molecule has 0 unspecified atom stereocenters. The van der Waals surface area contributed by atoms with Gasteiger partial charge in [-0.1, -0.05) is 5.16 Å². The molecule has 0 radical (unpaired) electrons. The molecule has 1 rings (SSSR count). The minimum absolute atomic E-state index is 0.0762. The molecule has 0 aliphatic carbocycles. The number of rotatable bonds is 5. The Bertz CT molecular complexity index is 512. The second kappa shape index (κ2) is 6.78. The summed E-state index contributed by atoms with van der Waals surface area (Å²) >= 11 is 0. The van der Waals surface area contributed by atoms with Crippen molar-refractivity contribution in [3.05, 3.63) is 35.1 Å². The summed E-state index contributed by atoms with van der Waals surface area (Å²) in [5, 5.41) is 11.2. The van der Waals surface area contributed by atoms with E-state index in [0.717, 1.165) is 0 Å². The zero-order chi connectivity index (χ0) is 15.3. The van der Waals surface area contributed by atoms with Crippen LogP contribution in [0.3, 0.4) is 0 Å². The van der Waals surface area contributed by atoms with Gasteiger partial charge in [0.05, 0.1) is 0 Å². The summed E-state index contributed by atoms with van der Waals surface area (Å²) in [5.74, 6) is -5.23. The molecule has 0 aromatic heterocycles. The molecular weight excluding hydrogens is 275 g/mol. The molecule has 5 nitrogen and oxygen atoms in total. The van der Waals surface area contributed by atoms with Crippen molar-refractivity contribution in [2.24, 2.45) is 10.9 Å². The van der Waals surface area contributed by atoms with Gasteiger partial charge in [0.15, 0.2) is 17.5 Å². The monoisotopic (exact) mass is 289 g/mol. The molecule has 0 bridgehead atoms. The van der Waals surface area contributed by atoms with E-state index in [9.17, 15) is 18.0 Å². The number of carbonyl (C=O) groups excluding carboxylic acids is 1. The number of carbonyl (C=O) groups is 1. The molecule has 0 atom stereocenters. The Labute approximate surface area is 113 Å². The summed E-state index contributed by atoms with van der Waals surface area (Å²) in [4.78, 5) is 13.3. The van der Waals surface area contributed by atoms with Crippen LogP contribution in [0.2, 0.25) is 0 Å². The van der Waals surface area contributed by atoms with Crippen molar-refractivity contribution in [3.63, 3.8) is 0 Å². The maximum absolute atomic E-state index is 13.1. The van der Waals surface area contributed by atoms with Gasteiger partial charge in [0, 0.05) is 25.1 Å². The summed E-state index contributed by atoms with van der Waals surface area (Å²) in [6, 6.07) is 1.26. The lowest BCUT2D eigenvalue weighted by Gasteiger charge is -2.20. The molecule has 1 aromatic carbocycles. The van der Waals surface area contributed by atoms with Crippen LogP contribution in [0.25, 0.3) is 0 Å². The molecule has 110 valence electrons. The van der Waals surface area contributed by atoms with Crippen molar-refractivity contribution in [1.29, 1.82) is 0 Å². The number of oxime groups is 1. The highest BCUT2D eigenvalue weighted by Crippen LogP contribution is 2.15. The van der Waals surface area contributed by atoms with Gasteiger partial charge in [0.25, 0.3) is 5.91 Å². The van der Waals surface area contributed by atoms with E-state index in [4.69, 9.17) is 10.9 Å². The van der Waals surface area contributed by atoms with Gasteiger partial charge in [-0.05, 0) is 19.1 Å². The predicted molar refractivity (Wildman–Crippen MR) is 65.9 cm³/mol. The number of hydrogen-bond donors (Lipinski definition) is 2. The molecular formula is C12H14F3N3O2. The Kier molecular flexibility index (Phi) is 5.36. The van der Waals surface area contributed by atoms with Crippen LogP contribution < -0.4 is 5.73 Å². The third-order valence-corrected chi connectivity index (χ3v) is 2.67. The quantitative estimate of drug-likeness (QED) is 0.285. The first-order chi connectivity index (χ1) is 9.40. The zero-order valence-corrected chi connectivity index (χ0v) is 10.7. The standard InChI is InChI=1S/C12H14F3N3O2/c1-2-18(4-3-10(16)17-20)12(19)7-5-8(13)11(15)9(14)6-7/h5-6,20H,2-4H2,1H3,(H2,16,17). The maximum atomic E-state index is 13.1. The minimum atomic E-state index is -1.62. The summed E-state index contributed by atoms with van der Waals surface area (Å²) < 4.78 is 39.0. The second-order valence-corrected chi connectivity index (χ2v) is 3.98. The van der Waals surface area contributed by atoms with Gasteiger partial charge in [-0.2, -0.15) is 0 Å². The Morgan fingerprint density at radius 3 is 2.35 bits per heavy atom.